The quantitative estimate of drug-likeness (QED) is 0.833. The van der Waals surface area contributed by atoms with E-state index in [1.54, 1.807) is 0 Å². The summed E-state index contributed by atoms with van der Waals surface area (Å²) in [6.45, 7) is 5.81. The fourth-order valence-corrected chi connectivity index (χ4v) is 4.97. The van der Waals surface area contributed by atoms with Gasteiger partial charge in [0.1, 0.15) is 17.6 Å². The highest BCUT2D eigenvalue weighted by atomic mass is 16.5. The second kappa shape index (κ2) is 6.27. The minimum atomic E-state index is 0.263. The highest BCUT2D eigenvalue weighted by Gasteiger charge is 2.40. The van der Waals surface area contributed by atoms with E-state index in [-0.39, 0.29) is 6.10 Å². The molecule has 0 saturated carbocycles. The molecule has 0 unspecified atom stereocenters. The summed E-state index contributed by atoms with van der Waals surface area (Å²) in [5.41, 5.74) is 5.25. The van der Waals surface area contributed by atoms with E-state index in [1.807, 2.05) is 6.20 Å². The van der Waals surface area contributed by atoms with Gasteiger partial charge in [0.2, 0.25) is 0 Å². The Kier molecular flexibility index (Phi) is 3.89. The van der Waals surface area contributed by atoms with Crippen LogP contribution in [0, 0.1) is 0 Å². The summed E-state index contributed by atoms with van der Waals surface area (Å²) in [5.74, 6) is 2.07. The predicted octanol–water partition coefficient (Wildman–Crippen LogP) is 4.07. The molecule has 4 heteroatoms. The molecule has 3 aliphatic heterocycles. The molecule has 26 heavy (non-hydrogen) atoms. The summed E-state index contributed by atoms with van der Waals surface area (Å²) in [6, 6.07) is 9.84. The first kappa shape index (κ1) is 16.1. The van der Waals surface area contributed by atoms with Crippen molar-refractivity contribution in [1.29, 1.82) is 0 Å². The van der Waals surface area contributed by atoms with Gasteiger partial charge in [0, 0.05) is 54.5 Å². The monoisotopic (exact) mass is 350 g/mol. The maximum Gasteiger partial charge on any atom is 0.124 e. The maximum absolute atomic E-state index is 6.01. The van der Waals surface area contributed by atoms with Crippen molar-refractivity contribution >= 4 is 0 Å². The number of aromatic nitrogens is 1. The molecular formula is C22H26N2O2. The summed E-state index contributed by atoms with van der Waals surface area (Å²) < 4.78 is 12.0. The van der Waals surface area contributed by atoms with Gasteiger partial charge in [-0.3, -0.25) is 9.88 Å². The molecule has 0 aliphatic carbocycles. The smallest absolute Gasteiger partial charge is 0.124 e. The Morgan fingerprint density at radius 1 is 1.27 bits per heavy atom. The molecule has 1 aromatic heterocycles. The minimum absolute atomic E-state index is 0.263. The van der Waals surface area contributed by atoms with Gasteiger partial charge < -0.3 is 9.47 Å². The molecule has 0 amide bonds. The highest BCUT2D eigenvalue weighted by molar-refractivity contribution is 5.49. The van der Waals surface area contributed by atoms with Crippen LogP contribution in [0.3, 0.4) is 0 Å². The molecule has 0 spiro atoms. The van der Waals surface area contributed by atoms with E-state index in [2.05, 4.69) is 48.0 Å². The third-order valence-electron chi connectivity index (χ3n) is 6.09. The van der Waals surface area contributed by atoms with E-state index in [9.17, 15) is 0 Å². The van der Waals surface area contributed by atoms with Gasteiger partial charge in [-0.2, -0.15) is 0 Å². The molecule has 1 saturated heterocycles. The van der Waals surface area contributed by atoms with Crippen LogP contribution < -0.4 is 9.47 Å². The maximum atomic E-state index is 6.01. The molecule has 136 valence electrons. The number of rotatable bonds is 4. The van der Waals surface area contributed by atoms with Crippen molar-refractivity contribution in [1.82, 2.24) is 9.88 Å². The van der Waals surface area contributed by atoms with Crippen LogP contribution in [0.15, 0.2) is 30.5 Å². The summed E-state index contributed by atoms with van der Waals surface area (Å²) in [5, 5.41) is 0. The SMILES string of the molecule is CCOc1cc2c(cc1CN1[C@H]3CC[C@H]1c1cccnc1C3)O[C@@H](C)C2. The van der Waals surface area contributed by atoms with E-state index >= 15 is 0 Å². The normalized spacial score (nSPS) is 26.3. The first-order chi connectivity index (χ1) is 12.7. The zero-order valence-corrected chi connectivity index (χ0v) is 15.6. The largest absolute Gasteiger partial charge is 0.494 e. The standard InChI is InChI=1S/C22H26N2O2/c1-3-25-21-10-15-9-14(2)26-22(15)11-16(21)13-24-17-6-7-20(24)18-5-4-8-23-19(18)12-17/h4-5,8,10-11,14,17,20H,3,6-7,9,12-13H2,1-2H3/t14-,17-,20-/m0/s1. The Balaban J connectivity index is 1.48. The van der Waals surface area contributed by atoms with Crippen molar-refractivity contribution in [3.8, 4) is 11.5 Å². The zero-order valence-electron chi connectivity index (χ0n) is 15.6. The average Bonchev–Trinajstić information content (AvgIpc) is 3.12. The Morgan fingerprint density at radius 3 is 3.08 bits per heavy atom. The molecular weight excluding hydrogens is 324 g/mol. The molecule has 1 aromatic carbocycles. The number of pyridine rings is 1. The van der Waals surface area contributed by atoms with Gasteiger partial charge in [0.15, 0.2) is 0 Å². The van der Waals surface area contributed by atoms with Gasteiger partial charge in [-0.05, 0) is 50.5 Å². The number of ether oxygens (including phenoxy) is 2. The third kappa shape index (κ3) is 2.59. The van der Waals surface area contributed by atoms with Crippen LogP contribution in [-0.2, 0) is 19.4 Å². The van der Waals surface area contributed by atoms with Crippen LogP contribution in [0.5, 0.6) is 11.5 Å². The molecule has 3 aliphatic rings. The van der Waals surface area contributed by atoms with Crippen molar-refractivity contribution in [3.63, 3.8) is 0 Å². The van der Waals surface area contributed by atoms with Gasteiger partial charge in [0.05, 0.1) is 6.61 Å². The van der Waals surface area contributed by atoms with Crippen molar-refractivity contribution in [3.05, 3.63) is 52.8 Å². The summed E-state index contributed by atoms with van der Waals surface area (Å²) >= 11 is 0. The van der Waals surface area contributed by atoms with Crippen LogP contribution in [0.25, 0.3) is 0 Å². The van der Waals surface area contributed by atoms with E-state index in [0.29, 0.717) is 18.7 Å². The first-order valence-corrected chi connectivity index (χ1v) is 9.87. The molecule has 2 aromatic rings. The lowest BCUT2D eigenvalue weighted by Gasteiger charge is -2.36. The van der Waals surface area contributed by atoms with Crippen molar-refractivity contribution in [2.75, 3.05) is 6.61 Å². The summed E-state index contributed by atoms with van der Waals surface area (Å²) in [4.78, 5) is 7.29. The van der Waals surface area contributed by atoms with Gasteiger partial charge in [-0.15, -0.1) is 0 Å². The minimum Gasteiger partial charge on any atom is -0.494 e. The fourth-order valence-electron chi connectivity index (χ4n) is 4.97. The lowest BCUT2D eigenvalue weighted by Crippen LogP contribution is -2.37. The van der Waals surface area contributed by atoms with E-state index in [4.69, 9.17) is 9.47 Å². The van der Waals surface area contributed by atoms with E-state index in [0.717, 1.165) is 30.9 Å². The second-order valence-corrected chi connectivity index (χ2v) is 7.80. The highest BCUT2D eigenvalue weighted by Crippen LogP contribution is 2.45. The molecule has 0 radical (unpaired) electrons. The fraction of sp³-hybridized carbons (Fsp3) is 0.500. The van der Waals surface area contributed by atoms with Gasteiger partial charge in [-0.1, -0.05) is 6.07 Å². The first-order valence-electron chi connectivity index (χ1n) is 9.87. The van der Waals surface area contributed by atoms with Crippen LogP contribution in [0.1, 0.15) is 55.1 Å². The molecule has 5 rings (SSSR count). The van der Waals surface area contributed by atoms with Crippen LogP contribution >= 0.6 is 0 Å². The molecule has 1 fully saturated rings. The summed E-state index contributed by atoms with van der Waals surface area (Å²) in [6.07, 6.45) is 6.72. The Hall–Kier alpha value is -2.07. The van der Waals surface area contributed by atoms with Gasteiger partial charge >= 0.3 is 0 Å². The van der Waals surface area contributed by atoms with Gasteiger partial charge in [0.25, 0.3) is 0 Å². The number of fused-ring (bicyclic) bond motifs is 5. The van der Waals surface area contributed by atoms with E-state index in [1.165, 1.54) is 35.2 Å². The van der Waals surface area contributed by atoms with Crippen LogP contribution in [0.2, 0.25) is 0 Å². The lowest BCUT2D eigenvalue weighted by molar-refractivity contribution is 0.163. The Bertz CT molecular complexity index is 835. The molecule has 0 N–H and O–H groups in total. The summed E-state index contributed by atoms with van der Waals surface area (Å²) in [7, 11) is 0. The number of benzene rings is 1. The van der Waals surface area contributed by atoms with E-state index < -0.39 is 0 Å². The molecule has 4 heterocycles. The molecule has 4 nitrogen and oxygen atoms in total. The van der Waals surface area contributed by atoms with Crippen LogP contribution in [0.4, 0.5) is 0 Å². The number of nitrogens with zero attached hydrogens (tertiary/aromatic N) is 2. The Morgan fingerprint density at radius 2 is 2.19 bits per heavy atom. The lowest BCUT2D eigenvalue weighted by atomic mass is 9.96. The number of hydrogen-bond donors (Lipinski definition) is 0. The predicted molar refractivity (Wildman–Crippen MR) is 101 cm³/mol. The topological polar surface area (TPSA) is 34.6 Å². The van der Waals surface area contributed by atoms with Crippen LogP contribution in [-0.4, -0.2) is 28.6 Å². The van der Waals surface area contributed by atoms with Crippen molar-refractivity contribution in [2.45, 2.75) is 64.3 Å². The van der Waals surface area contributed by atoms with Crippen molar-refractivity contribution in [2.24, 2.45) is 0 Å². The third-order valence-corrected chi connectivity index (χ3v) is 6.09. The van der Waals surface area contributed by atoms with Gasteiger partial charge in [-0.25, -0.2) is 0 Å². The Labute approximate surface area is 155 Å². The molecule has 2 bridgehead atoms. The zero-order chi connectivity index (χ0) is 17.7. The van der Waals surface area contributed by atoms with Crippen molar-refractivity contribution < 1.29 is 9.47 Å². The number of hydrogen-bond acceptors (Lipinski definition) is 4. The average molecular weight is 350 g/mol. The molecule has 3 atom stereocenters. The second-order valence-electron chi connectivity index (χ2n) is 7.80.